The molecule has 0 saturated heterocycles. The summed E-state index contributed by atoms with van der Waals surface area (Å²) in [4.78, 5) is 5.24. The Hall–Kier alpha value is -7.30. The Kier molecular flexibility index (Phi) is 8.72. The molecule has 69 heavy (non-hydrogen) atoms. The lowest BCUT2D eigenvalue weighted by atomic mass is 9.33. The second-order valence-corrected chi connectivity index (χ2v) is 22.9. The van der Waals surface area contributed by atoms with Crippen LogP contribution in [-0.2, 0) is 21.7 Å². The molecule has 4 aliphatic rings. The first-order valence-electron chi connectivity index (χ1n) is 24.8. The lowest BCUT2D eigenvalue weighted by molar-refractivity contribution is 0.436. The van der Waals surface area contributed by atoms with Crippen LogP contribution in [0, 0.1) is 0 Å². The Bertz CT molecular complexity index is 3560. The molecule has 0 amide bonds. The number of para-hydroxylation sites is 2. The van der Waals surface area contributed by atoms with E-state index in [0.717, 1.165) is 17.2 Å². The Labute approximate surface area is 408 Å². The molecule has 0 atom stereocenters. The molecule has 0 radical (unpaired) electrons. The molecule has 0 unspecified atom stereocenters. The molecular weight excluding hydrogens is 836 g/mol. The number of rotatable bonds is 2. The molecule has 0 aromatic heterocycles. The molecule has 13 rings (SSSR count). The van der Waals surface area contributed by atoms with Gasteiger partial charge in [0.25, 0.3) is 6.71 Å². The standard InChI is InChI=1S/C65H57BN2O/c1-62(2,3)41-26-31-44(32-27-41)67-54-37-30-43(64(7,8)9)39-53(54)66-52-36-35-51-58(47-20-12-13-21-48(47)65(51)49-22-14-16-24-56(49)69-57-25-17-15-23-50(57)65)61(52)68(45-33-28-42(29-34-45)63(4,5)6)55-38-40-18-10-11-19-46(40)60(67)59(55)66/h10-39H,1-9H3. The number of anilines is 6. The number of hydrogen-bond donors (Lipinski definition) is 0. The first-order valence-corrected chi connectivity index (χ1v) is 24.8. The predicted octanol–water partition coefficient (Wildman–Crippen LogP) is 15.3. The summed E-state index contributed by atoms with van der Waals surface area (Å²) in [6, 6.07) is 69.4. The third kappa shape index (κ3) is 5.87. The van der Waals surface area contributed by atoms with E-state index in [9.17, 15) is 0 Å². The average molecular weight is 893 g/mol. The van der Waals surface area contributed by atoms with E-state index in [0.29, 0.717) is 0 Å². The van der Waals surface area contributed by atoms with Crippen molar-refractivity contribution in [2.45, 2.75) is 84.0 Å². The van der Waals surface area contributed by atoms with Gasteiger partial charge >= 0.3 is 0 Å². The number of ether oxygens (including phenoxy) is 1. The predicted molar refractivity (Wildman–Crippen MR) is 291 cm³/mol. The Morgan fingerprint density at radius 3 is 1.55 bits per heavy atom. The van der Waals surface area contributed by atoms with Gasteiger partial charge in [0.1, 0.15) is 11.5 Å². The average Bonchev–Trinajstić information content (AvgIpc) is 3.63. The van der Waals surface area contributed by atoms with Gasteiger partial charge in [-0.3, -0.25) is 0 Å². The van der Waals surface area contributed by atoms with Crippen LogP contribution in [0.1, 0.15) is 101 Å². The van der Waals surface area contributed by atoms with Gasteiger partial charge in [0.05, 0.1) is 11.1 Å². The van der Waals surface area contributed by atoms with Crippen molar-refractivity contribution in [2.75, 3.05) is 9.80 Å². The summed E-state index contributed by atoms with van der Waals surface area (Å²) in [6.07, 6.45) is 0. The zero-order chi connectivity index (χ0) is 47.4. The normalized spacial score (nSPS) is 14.9. The maximum atomic E-state index is 6.81. The van der Waals surface area contributed by atoms with Crippen LogP contribution in [0.5, 0.6) is 11.5 Å². The van der Waals surface area contributed by atoms with Gasteiger partial charge in [-0.15, -0.1) is 0 Å². The third-order valence-corrected chi connectivity index (χ3v) is 15.8. The summed E-state index contributed by atoms with van der Waals surface area (Å²) in [5.74, 6) is 1.80. The van der Waals surface area contributed by atoms with Crippen LogP contribution in [-0.4, -0.2) is 6.71 Å². The van der Waals surface area contributed by atoms with Crippen molar-refractivity contribution in [3.05, 3.63) is 221 Å². The fourth-order valence-electron chi connectivity index (χ4n) is 12.4. The van der Waals surface area contributed by atoms with Crippen LogP contribution in [0.25, 0.3) is 21.9 Å². The monoisotopic (exact) mass is 892 g/mol. The van der Waals surface area contributed by atoms with E-state index < -0.39 is 5.41 Å². The van der Waals surface area contributed by atoms with E-state index in [-0.39, 0.29) is 23.0 Å². The Morgan fingerprint density at radius 1 is 0.420 bits per heavy atom. The smallest absolute Gasteiger partial charge is 0.252 e. The van der Waals surface area contributed by atoms with Crippen molar-refractivity contribution in [3.8, 4) is 22.6 Å². The number of nitrogens with zero attached hydrogens (tertiary/aromatic N) is 2. The van der Waals surface area contributed by atoms with Crippen molar-refractivity contribution in [1.82, 2.24) is 0 Å². The van der Waals surface area contributed by atoms with Crippen LogP contribution in [0.15, 0.2) is 182 Å². The minimum absolute atomic E-state index is 0.000535. The molecule has 3 heterocycles. The van der Waals surface area contributed by atoms with Crippen LogP contribution < -0.4 is 30.9 Å². The van der Waals surface area contributed by atoms with E-state index in [2.05, 4.69) is 254 Å². The quantitative estimate of drug-likeness (QED) is 0.161. The molecule has 9 aromatic rings. The molecule has 0 bridgehead atoms. The molecule has 1 spiro atoms. The number of benzene rings is 9. The van der Waals surface area contributed by atoms with E-state index in [1.807, 2.05) is 0 Å². The first-order chi connectivity index (χ1) is 33.1. The lowest BCUT2D eigenvalue weighted by Gasteiger charge is -2.46. The van der Waals surface area contributed by atoms with Crippen molar-refractivity contribution >= 4 is 68.0 Å². The van der Waals surface area contributed by atoms with Gasteiger partial charge in [-0.25, -0.2) is 0 Å². The molecule has 3 aliphatic heterocycles. The SMILES string of the molecule is CC(C)(C)c1ccc(N2c3cc4ccccc4c4c3B(c3cc(C(C)(C)C)ccc3N4c3ccc(C(C)(C)C)cc3)c3ccc4c(c32)-c2ccccc2C42c3ccccc3Oc3ccccc32)cc1. The summed E-state index contributed by atoms with van der Waals surface area (Å²) in [6.45, 7) is 20.8. The highest BCUT2D eigenvalue weighted by Crippen LogP contribution is 2.64. The van der Waals surface area contributed by atoms with Crippen LogP contribution in [0.4, 0.5) is 34.1 Å². The van der Waals surface area contributed by atoms with Gasteiger partial charge in [0, 0.05) is 50.5 Å². The number of hydrogen-bond acceptors (Lipinski definition) is 3. The zero-order valence-corrected chi connectivity index (χ0v) is 41.2. The molecule has 1 aliphatic carbocycles. The summed E-state index contributed by atoms with van der Waals surface area (Å²) < 4.78 is 6.81. The van der Waals surface area contributed by atoms with Crippen LogP contribution in [0.2, 0.25) is 0 Å². The van der Waals surface area contributed by atoms with Gasteiger partial charge in [-0.1, -0.05) is 196 Å². The fraction of sp³-hybridized carbons (Fsp3) is 0.200. The van der Waals surface area contributed by atoms with Crippen molar-refractivity contribution in [3.63, 3.8) is 0 Å². The summed E-state index contributed by atoms with van der Waals surface area (Å²) in [5, 5.41) is 2.46. The maximum Gasteiger partial charge on any atom is 0.252 e. The Balaban J connectivity index is 1.19. The van der Waals surface area contributed by atoms with E-state index in [4.69, 9.17) is 4.74 Å². The first kappa shape index (κ1) is 41.9. The topological polar surface area (TPSA) is 15.7 Å². The highest BCUT2D eigenvalue weighted by molar-refractivity contribution is 7.00. The van der Waals surface area contributed by atoms with Crippen LogP contribution >= 0.6 is 0 Å². The molecular formula is C65H57BN2O. The fourth-order valence-corrected chi connectivity index (χ4v) is 12.4. The van der Waals surface area contributed by atoms with Crippen LogP contribution in [0.3, 0.4) is 0 Å². The highest BCUT2D eigenvalue weighted by Gasteiger charge is 2.54. The molecule has 3 nitrogen and oxygen atoms in total. The lowest BCUT2D eigenvalue weighted by Crippen LogP contribution is -2.61. The van der Waals surface area contributed by atoms with E-state index in [1.165, 1.54) is 106 Å². The zero-order valence-electron chi connectivity index (χ0n) is 41.2. The second-order valence-electron chi connectivity index (χ2n) is 22.9. The molecule has 0 saturated carbocycles. The third-order valence-electron chi connectivity index (χ3n) is 15.8. The minimum Gasteiger partial charge on any atom is -0.457 e. The van der Waals surface area contributed by atoms with E-state index in [1.54, 1.807) is 0 Å². The summed E-state index contributed by atoms with van der Waals surface area (Å²) in [7, 11) is 0. The minimum atomic E-state index is -0.608. The molecule has 0 fully saturated rings. The van der Waals surface area contributed by atoms with Gasteiger partial charge in [-0.2, -0.15) is 0 Å². The van der Waals surface area contributed by atoms with Crippen molar-refractivity contribution in [1.29, 1.82) is 0 Å². The van der Waals surface area contributed by atoms with Crippen molar-refractivity contribution < 1.29 is 4.74 Å². The highest BCUT2D eigenvalue weighted by atomic mass is 16.5. The van der Waals surface area contributed by atoms with Gasteiger partial charge in [-0.05, 0) is 120 Å². The Morgan fingerprint density at radius 2 is 0.942 bits per heavy atom. The van der Waals surface area contributed by atoms with Crippen molar-refractivity contribution in [2.24, 2.45) is 0 Å². The van der Waals surface area contributed by atoms with Gasteiger partial charge in [0.15, 0.2) is 0 Å². The van der Waals surface area contributed by atoms with E-state index >= 15 is 0 Å². The summed E-state index contributed by atoms with van der Waals surface area (Å²) >= 11 is 0. The maximum absolute atomic E-state index is 6.81. The molecule has 0 N–H and O–H groups in total. The second kappa shape index (κ2) is 14.4. The number of fused-ring (bicyclic) bond motifs is 16. The largest absolute Gasteiger partial charge is 0.457 e. The molecule has 4 heteroatoms. The van der Waals surface area contributed by atoms with Gasteiger partial charge in [0.2, 0.25) is 0 Å². The summed E-state index contributed by atoms with van der Waals surface area (Å²) in [5.41, 5.74) is 22.0. The molecule has 336 valence electrons. The van der Waals surface area contributed by atoms with Gasteiger partial charge < -0.3 is 14.5 Å². The molecule has 9 aromatic carbocycles.